The normalized spacial score (nSPS) is 12.3. The van der Waals surface area contributed by atoms with Crippen LogP contribution < -0.4 is 0 Å². The standard InChI is InChI=1S/C29H34N2/c1-19(2)23-14-11-15-24(20(3)4)27(23)31-26-17-9-8-16-25(26)30-28(31)21-12-10-13-22(18-21)29(5,6)7/h8-20H,1-7H3. The van der Waals surface area contributed by atoms with Crippen LogP contribution in [0.2, 0.25) is 0 Å². The van der Waals surface area contributed by atoms with E-state index in [1.807, 2.05) is 0 Å². The molecule has 0 saturated carbocycles. The molecule has 0 saturated heterocycles. The van der Waals surface area contributed by atoms with E-state index in [-0.39, 0.29) is 5.41 Å². The first-order valence-corrected chi connectivity index (χ1v) is 11.4. The van der Waals surface area contributed by atoms with E-state index >= 15 is 0 Å². The first kappa shape index (κ1) is 21.4. The van der Waals surface area contributed by atoms with E-state index in [2.05, 4.69) is 120 Å². The maximum atomic E-state index is 5.15. The summed E-state index contributed by atoms with van der Waals surface area (Å²) in [5, 5.41) is 0. The molecular formula is C29H34N2. The topological polar surface area (TPSA) is 17.8 Å². The Bertz CT molecular complexity index is 1190. The lowest BCUT2D eigenvalue weighted by Gasteiger charge is -2.23. The van der Waals surface area contributed by atoms with Crippen molar-refractivity contribution in [1.29, 1.82) is 0 Å². The smallest absolute Gasteiger partial charge is 0.145 e. The zero-order valence-electron chi connectivity index (χ0n) is 19.9. The number of hydrogen-bond donors (Lipinski definition) is 0. The molecule has 0 spiro atoms. The molecule has 4 rings (SSSR count). The fraction of sp³-hybridized carbons (Fsp3) is 0.345. The molecular weight excluding hydrogens is 376 g/mol. The number of hydrogen-bond acceptors (Lipinski definition) is 1. The molecule has 0 atom stereocenters. The van der Waals surface area contributed by atoms with Gasteiger partial charge in [0.2, 0.25) is 0 Å². The summed E-state index contributed by atoms with van der Waals surface area (Å²) >= 11 is 0. The van der Waals surface area contributed by atoms with Crippen LogP contribution in [0.15, 0.2) is 66.7 Å². The van der Waals surface area contributed by atoms with E-state index in [1.54, 1.807) is 0 Å². The maximum Gasteiger partial charge on any atom is 0.145 e. The minimum Gasteiger partial charge on any atom is -0.292 e. The van der Waals surface area contributed by atoms with Gasteiger partial charge in [0.05, 0.1) is 16.7 Å². The van der Waals surface area contributed by atoms with Crippen LogP contribution in [0.1, 0.15) is 77.0 Å². The lowest BCUT2D eigenvalue weighted by molar-refractivity contribution is 0.590. The average molecular weight is 411 g/mol. The molecule has 0 aliphatic heterocycles. The highest BCUT2D eigenvalue weighted by molar-refractivity contribution is 5.84. The average Bonchev–Trinajstić information content (AvgIpc) is 3.12. The Morgan fingerprint density at radius 2 is 1.35 bits per heavy atom. The molecule has 0 N–H and O–H groups in total. The van der Waals surface area contributed by atoms with Crippen LogP contribution in [0.3, 0.4) is 0 Å². The van der Waals surface area contributed by atoms with Gasteiger partial charge in [0.1, 0.15) is 5.82 Å². The van der Waals surface area contributed by atoms with E-state index in [4.69, 9.17) is 4.98 Å². The van der Waals surface area contributed by atoms with Crippen LogP contribution in [-0.2, 0) is 5.41 Å². The Morgan fingerprint density at radius 3 is 1.97 bits per heavy atom. The lowest BCUT2D eigenvalue weighted by Crippen LogP contribution is -2.11. The zero-order chi connectivity index (χ0) is 22.3. The first-order valence-electron chi connectivity index (χ1n) is 11.4. The summed E-state index contributed by atoms with van der Waals surface area (Å²) in [6, 6.07) is 24.1. The molecule has 0 amide bonds. The van der Waals surface area contributed by atoms with Crippen LogP contribution in [0, 0.1) is 0 Å². The van der Waals surface area contributed by atoms with Crippen molar-refractivity contribution in [2.45, 2.75) is 65.7 Å². The molecule has 0 aliphatic rings. The number of benzene rings is 3. The third-order valence-corrected chi connectivity index (χ3v) is 6.11. The highest BCUT2D eigenvalue weighted by Crippen LogP contribution is 2.37. The van der Waals surface area contributed by atoms with Crippen LogP contribution in [-0.4, -0.2) is 9.55 Å². The number of nitrogens with zero attached hydrogens (tertiary/aromatic N) is 2. The largest absolute Gasteiger partial charge is 0.292 e. The fourth-order valence-electron chi connectivity index (χ4n) is 4.34. The molecule has 4 aromatic rings. The van der Waals surface area contributed by atoms with Gasteiger partial charge in [-0.2, -0.15) is 0 Å². The number of aromatic nitrogens is 2. The number of fused-ring (bicyclic) bond motifs is 1. The van der Waals surface area contributed by atoms with Crippen molar-refractivity contribution in [1.82, 2.24) is 9.55 Å². The van der Waals surface area contributed by atoms with Crippen molar-refractivity contribution in [3.63, 3.8) is 0 Å². The summed E-state index contributed by atoms with van der Waals surface area (Å²) < 4.78 is 2.40. The summed E-state index contributed by atoms with van der Waals surface area (Å²) in [6.07, 6.45) is 0. The van der Waals surface area contributed by atoms with Gasteiger partial charge in [0.25, 0.3) is 0 Å². The summed E-state index contributed by atoms with van der Waals surface area (Å²) in [7, 11) is 0. The molecule has 0 fully saturated rings. The van der Waals surface area contributed by atoms with Gasteiger partial charge >= 0.3 is 0 Å². The van der Waals surface area contributed by atoms with Crippen molar-refractivity contribution < 1.29 is 0 Å². The van der Waals surface area contributed by atoms with Crippen molar-refractivity contribution in [2.24, 2.45) is 0 Å². The monoisotopic (exact) mass is 410 g/mol. The molecule has 0 unspecified atom stereocenters. The minimum atomic E-state index is 0.0891. The zero-order valence-corrected chi connectivity index (χ0v) is 19.9. The quantitative estimate of drug-likeness (QED) is 0.331. The third kappa shape index (κ3) is 3.92. The van der Waals surface area contributed by atoms with E-state index in [0.717, 1.165) is 22.4 Å². The van der Waals surface area contributed by atoms with Gasteiger partial charge in [0, 0.05) is 5.56 Å². The van der Waals surface area contributed by atoms with Gasteiger partial charge in [-0.15, -0.1) is 0 Å². The van der Waals surface area contributed by atoms with Crippen molar-refractivity contribution in [3.05, 3.63) is 83.4 Å². The molecule has 0 bridgehead atoms. The van der Waals surface area contributed by atoms with Gasteiger partial charge in [-0.25, -0.2) is 4.98 Å². The molecule has 0 radical (unpaired) electrons. The molecule has 160 valence electrons. The predicted molar refractivity (Wildman–Crippen MR) is 133 cm³/mol. The highest BCUT2D eigenvalue weighted by Gasteiger charge is 2.22. The summed E-state index contributed by atoms with van der Waals surface area (Å²) in [4.78, 5) is 5.15. The van der Waals surface area contributed by atoms with E-state index < -0.39 is 0 Å². The van der Waals surface area contributed by atoms with Gasteiger partial charge in [-0.05, 0) is 52.1 Å². The highest BCUT2D eigenvalue weighted by atomic mass is 15.1. The number of imidazole rings is 1. The third-order valence-electron chi connectivity index (χ3n) is 6.11. The molecule has 3 aromatic carbocycles. The summed E-state index contributed by atoms with van der Waals surface area (Å²) in [5.74, 6) is 1.86. The van der Waals surface area contributed by atoms with Crippen molar-refractivity contribution in [3.8, 4) is 17.1 Å². The van der Waals surface area contributed by atoms with Crippen molar-refractivity contribution in [2.75, 3.05) is 0 Å². The van der Waals surface area contributed by atoms with Crippen molar-refractivity contribution >= 4 is 11.0 Å². The molecule has 1 heterocycles. The van der Waals surface area contributed by atoms with E-state index in [1.165, 1.54) is 22.4 Å². The molecule has 2 heteroatoms. The maximum absolute atomic E-state index is 5.15. The van der Waals surface area contributed by atoms with Gasteiger partial charge in [-0.3, -0.25) is 4.57 Å². The Hall–Kier alpha value is -2.87. The number of rotatable bonds is 4. The Morgan fingerprint density at radius 1 is 0.742 bits per heavy atom. The summed E-state index contributed by atoms with van der Waals surface area (Å²) in [6.45, 7) is 15.9. The molecule has 31 heavy (non-hydrogen) atoms. The fourth-order valence-corrected chi connectivity index (χ4v) is 4.34. The minimum absolute atomic E-state index is 0.0891. The van der Waals surface area contributed by atoms with Gasteiger partial charge in [0.15, 0.2) is 0 Å². The van der Waals surface area contributed by atoms with Crippen LogP contribution in [0.25, 0.3) is 28.1 Å². The second kappa shape index (κ2) is 8.00. The van der Waals surface area contributed by atoms with Gasteiger partial charge in [-0.1, -0.05) is 97.0 Å². The van der Waals surface area contributed by atoms with E-state index in [9.17, 15) is 0 Å². The predicted octanol–water partition coefficient (Wildman–Crippen LogP) is 8.24. The number of para-hydroxylation sites is 3. The Balaban J connectivity index is 2.11. The van der Waals surface area contributed by atoms with E-state index in [0.29, 0.717) is 11.8 Å². The Kier molecular flexibility index (Phi) is 5.51. The lowest BCUT2D eigenvalue weighted by atomic mass is 9.86. The second-order valence-corrected chi connectivity index (χ2v) is 10.2. The molecule has 1 aromatic heterocycles. The second-order valence-electron chi connectivity index (χ2n) is 10.2. The van der Waals surface area contributed by atoms with Crippen LogP contribution >= 0.6 is 0 Å². The van der Waals surface area contributed by atoms with Crippen LogP contribution in [0.4, 0.5) is 0 Å². The molecule has 2 nitrogen and oxygen atoms in total. The molecule has 0 aliphatic carbocycles. The first-order chi connectivity index (χ1) is 14.7. The SMILES string of the molecule is CC(C)c1cccc(C(C)C)c1-n1c(-c2cccc(C(C)(C)C)c2)nc2ccccc21. The Labute approximate surface area is 187 Å². The summed E-state index contributed by atoms with van der Waals surface area (Å²) in [5.41, 5.74) is 8.79. The van der Waals surface area contributed by atoms with Crippen LogP contribution in [0.5, 0.6) is 0 Å². The van der Waals surface area contributed by atoms with Gasteiger partial charge < -0.3 is 0 Å².